The Balaban J connectivity index is 0.00000144. The Morgan fingerprint density at radius 1 is 1.77 bits per heavy atom. The smallest absolute Gasteiger partial charge is 0.218 e. The molecule has 1 atom stereocenters. The van der Waals surface area contributed by atoms with E-state index in [1.165, 1.54) is 5.57 Å². The second-order valence-electron chi connectivity index (χ2n) is 3.30. The van der Waals surface area contributed by atoms with Gasteiger partial charge in [0.25, 0.3) is 0 Å². The molecule has 1 amide bonds. The molecule has 0 aromatic rings. The van der Waals surface area contributed by atoms with Crippen LogP contribution in [0.1, 0.15) is 19.8 Å². The largest absolute Gasteiger partial charge is 0.370 e. The third-order valence-corrected chi connectivity index (χ3v) is 2.24. The standard InChI is InChI=1S/C9H16N2O.ClH/c1-7(6-9(10)12)8-2-4-11-5-3-8;/h2,7,11H,3-6H2,1H3,(H2,10,12);1H. The van der Waals surface area contributed by atoms with Gasteiger partial charge in [0.15, 0.2) is 0 Å². The third-order valence-electron chi connectivity index (χ3n) is 2.24. The Labute approximate surface area is 85.2 Å². The molecule has 0 saturated carbocycles. The first kappa shape index (κ1) is 12.5. The lowest BCUT2D eigenvalue weighted by Gasteiger charge is -2.18. The average molecular weight is 205 g/mol. The van der Waals surface area contributed by atoms with Crippen LogP contribution in [0.5, 0.6) is 0 Å². The number of primary amides is 1. The lowest BCUT2D eigenvalue weighted by Crippen LogP contribution is -2.24. The molecule has 0 fully saturated rings. The number of halogens is 1. The monoisotopic (exact) mass is 204 g/mol. The van der Waals surface area contributed by atoms with E-state index in [9.17, 15) is 4.79 Å². The molecule has 1 rings (SSSR count). The quantitative estimate of drug-likeness (QED) is 0.670. The van der Waals surface area contributed by atoms with Crippen molar-refractivity contribution in [2.24, 2.45) is 11.7 Å². The minimum Gasteiger partial charge on any atom is -0.370 e. The summed E-state index contributed by atoms with van der Waals surface area (Å²) in [5.41, 5.74) is 6.49. The molecule has 1 aliphatic heterocycles. The number of amides is 1. The Morgan fingerprint density at radius 2 is 2.46 bits per heavy atom. The van der Waals surface area contributed by atoms with E-state index in [1.807, 2.05) is 0 Å². The van der Waals surface area contributed by atoms with Crippen molar-refractivity contribution >= 4 is 18.3 Å². The van der Waals surface area contributed by atoms with Crippen LogP contribution in [-0.2, 0) is 4.79 Å². The number of carbonyl (C=O) groups excluding carboxylic acids is 1. The SMILES string of the molecule is CC(CC(N)=O)C1=CCNCC1.Cl. The van der Waals surface area contributed by atoms with Gasteiger partial charge in [-0.15, -0.1) is 12.4 Å². The van der Waals surface area contributed by atoms with Gasteiger partial charge in [-0.05, 0) is 18.9 Å². The normalized spacial score (nSPS) is 18.4. The highest BCUT2D eigenvalue weighted by atomic mass is 35.5. The highest BCUT2D eigenvalue weighted by molar-refractivity contribution is 5.85. The molecule has 1 unspecified atom stereocenters. The summed E-state index contributed by atoms with van der Waals surface area (Å²) in [4.78, 5) is 10.6. The van der Waals surface area contributed by atoms with Crippen LogP contribution in [0.4, 0.5) is 0 Å². The molecule has 0 bridgehead atoms. The van der Waals surface area contributed by atoms with E-state index in [4.69, 9.17) is 5.73 Å². The maximum absolute atomic E-state index is 10.6. The molecule has 13 heavy (non-hydrogen) atoms. The lowest BCUT2D eigenvalue weighted by atomic mass is 9.93. The van der Waals surface area contributed by atoms with Crippen molar-refractivity contribution in [3.05, 3.63) is 11.6 Å². The van der Waals surface area contributed by atoms with Crippen LogP contribution in [0.15, 0.2) is 11.6 Å². The van der Waals surface area contributed by atoms with E-state index in [1.54, 1.807) is 0 Å². The fourth-order valence-electron chi connectivity index (χ4n) is 1.52. The number of carbonyl (C=O) groups is 1. The molecular weight excluding hydrogens is 188 g/mol. The number of nitrogens with two attached hydrogens (primary N) is 1. The first-order chi connectivity index (χ1) is 5.70. The number of nitrogens with one attached hydrogen (secondary N) is 1. The fraction of sp³-hybridized carbons (Fsp3) is 0.667. The fourth-order valence-corrected chi connectivity index (χ4v) is 1.52. The van der Waals surface area contributed by atoms with E-state index >= 15 is 0 Å². The molecule has 3 N–H and O–H groups in total. The van der Waals surface area contributed by atoms with Gasteiger partial charge < -0.3 is 11.1 Å². The van der Waals surface area contributed by atoms with Crippen LogP contribution in [0.25, 0.3) is 0 Å². The second-order valence-corrected chi connectivity index (χ2v) is 3.30. The summed E-state index contributed by atoms with van der Waals surface area (Å²) in [6.45, 7) is 4.01. The molecule has 0 aliphatic carbocycles. The van der Waals surface area contributed by atoms with E-state index in [0.717, 1.165) is 19.5 Å². The summed E-state index contributed by atoms with van der Waals surface area (Å²) < 4.78 is 0. The third kappa shape index (κ3) is 4.29. The van der Waals surface area contributed by atoms with Gasteiger partial charge in [-0.1, -0.05) is 18.6 Å². The van der Waals surface area contributed by atoms with Crippen molar-refractivity contribution in [2.45, 2.75) is 19.8 Å². The second kappa shape index (κ2) is 6.00. The van der Waals surface area contributed by atoms with Gasteiger partial charge in [-0.3, -0.25) is 4.79 Å². The molecule has 76 valence electrons. The van der Waals surface area contributed by atoms with E-state index in [-0.39, 0.29) is 18.3 Å². The zero-order valence-corrected chi connectivity index (χ0v) is 8.69. The number of rotatable bonds is 3. The molecule has 4 heteroatoms. The van der Waals surface area contributed by atoms with Crippen LogP contribution >= 0.6 is 12.4 Å². The molecule has 0 saturated heterocycles. The zero-order chi connectivity index (χ0) is 8.97. The molecule has 0 radical (unpaired) electrons. The summed E-state index contributed by atoms with van der Waals surface area (Å²) in [7, 11) is 0. The zero-order valence-electron chi connectivity index (χ0n) is 7.88. The van der Waals surface area contributed by atoms with E-state index in [2.05, 4.69) is 18.3 Å². The predicted octanol–water partition coefficient (Wildman–Crippen LogP) is 0.839. The van der Waals surface area contributed by atoms with Gasteiger partial charge in [0.2, 0.25) is 5.91 Å². The van der Waals surface area contributed by atoms with Crippen molar-refractivity contribution in [1.29, 1.82) is 0 Å². The first-order valence-electron chi connectivity index (χ1n) is 4.38. The van der Waals surface area contributed by atoms with E-state index < -0.39 is 0 Å². The Bertz CT molecular complexity index is 204. The molecule has 3 nitrogen and oxygen atoms in total. The lowest BCUT2D eigenvalue weighted by molar-refractivity contribution is -0.118. The van der Waals surface area contributed by atoms with Crippen LogP contribution < -0.4 is 11.1 Å². The van der Waals surface area contributed by atoms with Crippen LogP contribution in [0, 0.1) is 5.92 Å². The minimum absolute atomic E-state index is 0. The topological polar surface area (TPSA) is 55.1 Å². The van der Waals surface area contributed by atoms with Gasteiger partial charge >= 0.3 is 0 Å². The Morgan fingerprint density at radius 3 is 2.92 bits per heavy atom. The van der Waals surface area contributed by atoms with Crippen molar-refractivity contribution in [3.63, 3.8) is 0 Å². The summed E-state index contributed by atoms with van der Waals surface area (Å²) >= 11 is 0. The predicted molar refractivity (Wildman–Crippen MR) is 55.8 cm³/mol. The number of hydrogen-bond acceptors (Lipinski definition) is 2. The van der Waals surface area contributed by atoms with E-state index in [0.29, 0.717) is 12.3 Å². The van der Waals surface area contributed by atoms with Crippen LogP contribution in [0.2, 0.25) is 0 Å². The molecule has 0 aromatic carbocycles. The average Bonchev–Trinajstić information content (AvgIpc) is 2.05. The van der Waals surface area contributed by atoms with Crippen LogP contribution in [-0.4, -0.2) is 19.0 Å². The van der Waals surface area contributed by atoms with Gasteiger partial charge in [-0.25, -0.2) is 0 Å². The maximum Gasteiger partial charge on any atom is 0.218 e. The summed E-state index contributed by atoms with van der Waals surface area (Å²) in [6.07, 6.45) is 3.69. The van der Waals surface area contributed by atoms with Crippen molar-refractivity contribution in [1.82, 2.24) is 5.32 Å². The van der Waals surface area contributed by atoms with Crippen LogP contribution in [0.3, 0.4) is 0 Å². The molecule has 1 heterocycles. The van der Waals surface area contributed by atoms with Gasteiger partial charge in [0.05, 0.1) is 0 Å². The van der Waals surface area contributed by atoms with Gasteiger partial charge in [-0.2, -0.15) is 0 Å². The summed E-state index contributed by atoms with van der Waals surface area (Å²) in [6, 6.07) is 0. The Kier molecular flexibility index (Phi) is 5.75. The molecular formula is C9H17ClN2O. The van der Waals surface area contributed by atoms with Gasteiger partial charge in [0, 0.05) is 13.0 Å². The maximum atomic E-state index is 10.6. The van der Waals surface area contributed by atoms with Crippen molar-refractivity contribution in [2.75, 3.05) is 13.1 Å². The summed E-state index contributed by atoms with van der Waals surface area (Å²) in [5, 5.41) is 3.23. The Hall–Kier alpha value is -0.540. The molecule has 0 spiro atoms. The highest BCUT2D eigenvalue weighted by Gasteiger charge is 2.12. The first-order valence-corrected chi connectivity index (χ1v) is 4.38. The van der Waals surface area contributed by atoms with Gasteiger partial charge in [0.1, 0.15) is 0 Å². The number of hydrogen-bond donors (Lipinski definition) is 2. The minimum atomic E-state index is -0.207. The molecule has 1 aliphatic rings. The highest BCUT2D eigenvalue weighted by Crippen LogP contribution is 2.18. The van der Waals surface area contributed by atoms with Crippen molar-refractivity contribution in [3.8, 4) is 0 Å². The molecule has 0 aromatic heterocycles. The summed E-state index contributed by atoms with van der Waals surface area (Å²) in [5.74, 6) is 0.117. The van der Waals surface area contributed by atoms with Crippen molar-refractivity contribution < 1.29 is 4.79 Å².